The van der Waals surface area contributed by atoms with Crippen molar-refractivity contribution in [3.63, 3.8) is 0 Å². The van der Waals surface area contributed by atoms with Gasteiger partial charge >= 0.3 is 0 Å². The molecule has 0 saturated carbocycles. The maximum absolute atomic E-state index is 9.86. The molecule has 0 aliphatic carbocycles. The van der Waals surface area contributed by atoms with Crippen LogP contribution in [0.3, 0.4) is 0 Å². The number of carbonyl (C=O) groups is 1. The van der Waals surface area contributed by atoms with Gasteiger partial charge in [0.25, 0.3) is 5.09 Å². The van der Waals surface area contributed by atoms with Gasteiger partial charge in [-0.3, -0.25) is 0 Å². The van der Waals surface area contributed by atoms with Crippen LogP contribution in [-0.2, 0) is 9.63 Å². The molecule has 0 rings (SSSR count). The molecule has 0 aliphatic rings. The summed E-state index contributed by atoms with van der Waals surface area (Å²) in [5, 5.41) is 8.86. The first-order valence-corrected chi connectivity index (χ1v) is 4.71. The molecule has 5 nitrogen and oxygen atoms in total. The molecule has 0 aromatic carbocycles. The molecule has 0 radical (unpaired) electrons. The maximum Gasteiger partial charge on any atom is 0.294 e. The number of hydrogen-bond acceptors (Lipinski definition) is 5. The van der Waals surface area contributed by atoms with Gasteiger partial charge in [0, 0.05) is 12.2 Å². The van der Waals surface area contributed by atoms with Gasteiger partial charge in [0.2, 0.25) is 0 Å². The second kappa shape index (κ2) is 8.32. The van der Waals surface area contributed by atoms with E-state index in [2.05, 4.69) is 4.84 Å². The van der Waals surface area contributed by atoms with Crippen molar-refractivity contribution in [3.05, 3.63) is 10.1 Å². The fourth-order valence-electron chi connectivity index (χ4n) is 0.542. The molecule has 0 N–H and O–H groups in total. The average molecular weight is 193 g/mol. The fraction of sp³-hybridized carbons (Fsp3) is 0.833. The Labute approximate surface area is 74.6 Å². The molecule has 70 valence electrons. The Balaban J connectivity index is 2.90. The van der Waals surface area contributed by atoms with E-state index in [1.54, 1.807) is 11.8 Å². The van der Waals surface area contributed by atoms with Crippen LogP contribution in [-0.4, -0.2) is 29.5 Å². The van der Waals surface area contributed by atoms with Crippen molar-refractivity contribution < 1.29 is 14.7 Å². The van der Waals surface area contributed by atoms with Crippen molar-refractivity contribution in [1.82, 2.24) is 0 Å². The van der Waals surface area contributed by atoms with Crippen molar-refractivity contribution in [2.45, 2.75) is 12.8 Å². The van der Waals surface area contributed by atoms with Gasteiger partial charge in [0.1, 0.15) is 12.9 Å². The quantitative estimate of drug-likeness (QED) is 0.248. The van der Waals surface area contributed by atoms with Crippen LogP contribution in [0, 0.1) is 10.1 Å². The van der Waals surface area contributed by atoms with E-state index in [9.17, 15) is 14.9 Å². The predicted molar refractivity (Wildman–Crippen MR) is 45.6 cm³/mol. The highest BCUT2D eigenvalue weighted by Gasteiger charge is 1.94. The minimum Gasteiger partial charge on any atom is -0.313 e. The molecule has 0 saturated heterocycles. The first-order valence-electron chi connectivity index (χ1n) is 3.56. The summed E-state index contributed by atoms with van der Waals surface area (Å²) in [5.74, 6) is 1.44. The Morgan fingerprint density at radius 1 is 1.50 bits per heavy atom. The molecule has 0 spiro atoms. The second-order valence-corrected chi connectivity index (χ2v) is 3.20. The van der Waals surface area contributed by atoms with Crippen molar-refractivity contribution >= 4 is 18.0 Å². The van der Waals surface area contributed by atoms with E-state index in [1.165, 1.54) is 0 Å². The lowest BCUT2D eigenvalue weighted by Gasteiger charge is -1.97. The number of carbonyl (C=O) groups excluding carboxylic acids is 1. The largest absolute Gasteiger partial charge is 0.313 e. The first kappa shape index (κ1) is 11.2. The van der Waals surface area contributed by atoms with Crippen LogP contribution in [0.15, 0.2) is 0 Å². The van der Waals surface area contributed by atoms with Gasteiger partial charge in [-0.15, -0.1) is 10.1 Å². The minimum absolute atomic E-state index is 0.124. The summed E-state index contributed by atoms with van der Waals surface area (Å²) in [5.41, 5.74) is 0. The Bertz CT molecular complexity index is 142. The Hall–Kier alpha value is -0.780. The van der Waals surface area contributed by atoms with Crippen LogP contribution < -0.4 is 0 Å². The molecule has 0 aromatic heterocycles. The molecule has 12 heavy (non-hydrogen) atoms. The van der Waals surface area contributed by atoms with Crippen molar-refractivity contribution in [3.8, 4) is 0 Å². The van der Waals surface area contributed by atoms with Crippen LogP contribution in [0.2, 0.25) is 0 Å². The lowest BCUT2D eigenvalue weighted by Crippen LogP contribution is -2.04. The summed E-state index contributed by atoms with van der Waals surface area (Å²) in [6.07, 6.45) is 2.25. The van der Waals surface area contributed by atoms with Gasteiger partial charge in [-0.2, -0.15) is 11.8 Å². The minimum atomic E-state index is -0.800. The highest BCUT2D eigenvalue weighted by Crippen LogP contribution is 2.02. The average Bonchev–Trinajstić information content (AvgIpc) is 2.02. The summed E-state index contributed by atoms with van der Waals surface area (Å²) in [4.78, 5) is 23.6. The van der Waals surface area contributed by atoms with Crippen LogP contribution in [0.1, 0.15) is 12.8 Å². The van der Waals surface area contributed by atoms with Crippen molar-refractivity contribution in [2.24, 2.45) is 0 Å². The van der Waals surface area contributed by atoms with Crippen molar-refractivity contribution in [1.29, 1.82) is 0 Å². The van der Waals surface area contributed by atoms with Gasteiger partial charge in [0.05, 0.1) is 0 Å². The SMILES string of the molecule is O=CCCCSCCO[N+](=O)[O-]. The third kappa shape index (κ3) is 9.22. The Morgan fingerprint density at radius 2 is 2.25 bits per heavy atom. The smallest absolute Gasteiger partial charge is 0.294 e. The molecule has 0 unspecified atom stereocenters. The Morgan fingerprint density at radius 3 is 2.83 bits per heavy atom. The van der Waals surface area contributed by atoms with Crippen LogP contribution in [0.4, 0.5) is 0 Å². The molecular formula is C6H11NO4S. The fourth-order valence-corrected chi connectivity index (χ4v) is 1.31. The molecule has 0 bridgehead atoms. The van der Waals surface area contributed by atoms with Gasteiger partial charge < -0.3 is 9.63 Å². The first-order chi connectivity index (χ1) is 5.77. The standard InChI is InChI=1S/C6H11NO4S/c8-3-1-2-5-12-6-4-11-7(9)10/h3H,1-2,4-6H2. The third-order valence-electron chi connectivity index (χ3n) is 1.04. The highest BCUT2D eigenvalue weighted by molar-refractivity contribution is 7.99. The topological polar surface area (TPSA) is 69.4 Å². The lowest BCUT2D eigenvalue weighted by molar-refractivity contribution is -0.756. The number of unbranched alkanes of at least 4 members (excludes halogenated alkanes) is 1. The van der Waals surface area contributed by atoms with E-state index in [4.69, 9.17) is 0 Å². The van der Waals surface area contributed by atoms with Gasteiger partial charge in [-0.05, 0) is 12.2 Å². The molecule has 0 fully saturated rings. The predicted octanol–water partition coefficient (Wildman–Crippen LogP) is 0.907. The summed E-state index contributed by atoms with van der Waals surface area (Å²) in [7, 11) is 0. The lowest BCUT2D eigenvalue weighted by atomic mass is 10.4. The molecule has 6 heteroatoms. The van der Waals surface area contributed by atoms with Crippen LogP contribution in [0.25, 0.3) is 0 Å². The zero-order valence-corrected chi connectivity index (χ0v) is 7.42. The van der Waals surface area contributed by atoms with Gasteiger partial charge in [-0.1, -0.05) is 0 Å². The second-order valence-electron chi connectivity index (χ2n) is 1.98. The molecule has 0 aliphatic heterocycles. The number of nitrogens with zero attached hydrogens (tertiary/aromatic N) is 1. The monoisotopic (exact) mass is 193 g/mol. The summed E-state index contributed by atoms with van der Waals surface area (Å²) < 4.78 is 0. The van der Waals surface area contributed by atoms with E-state index in [1.807, 2.05) is 0 Å². The zero-order valence-electron chi connectivity index (χ0n) is 6.60. The summed E-state index contributed by atoms with van der Waals surface area (Å²) in [6.45, 7) is 0.124. The van der Waals surface area contributed by atoms with Crippen LogP contribution in [0.5, 0.6) is 0 Å². The molecular weight excluding hydrogens is 182 g/mol. The molecule has 0 atom stereocenters. The van der Waals surface area contributed by atoms with Gasteiger partial charge in [0.15, 0.2) is 0 Å². The van der Waals surface area contributed by atoms with Crippen LogP contribution >= 0.6 is 11.8 Å². The van der Waals surface area contributed by atoms with E-state index in [0.717, 1.165) is 18.5 Å². The third-order valence-corrected chi connectivity index (χ3v) is 2.07. The summed E-state index contributed by atoms with van der Waals surface area (Å²) >= 11 is 1.55. The van der Waals surface area contributed by atoms with Crippen molar-refractivity contribution in [2.75, 3.05) is 18.1 Å². The maximum atomic E-state index is 9.86. The highest BCUT2D eigenvalue weighted by atomic mass is 32.2. The van der Waals surface area contributed by atoms with E-state index in [-0.39, 0.29) is 6.61 Å². The normalized spacial score (nSPS) is 9.33. The van der Waals surface area contributed by atoms with Gasteiger partial charge in [-0.25, -0.2) is 0 Å². The van der Waals surface area contributed by atoms with E-state index < -0.39 is 5.09 Å². The molecule has 0 heterocycles. The number of thioether (sulfide) groups is 1. The van der Waals surface area contributed by atoms with E-state index >= 15 is 0 Å². The van der Waals surface area contributed by atoms with E-state index in [0.29, 0.717) is 12.2 Å². The molecule has 0 amide bonds. The molecule has 0 aromatic rings. The number of hydrogen-bond donors (Lipinski definition) is 0. The Kier molecular flexibility index (Phi) is 7.78. The summed E-state index contributed by atoms with van der Waals surface area (Å²) in [6, 6.07) is 0. The zero-order chi connectivity index (χ0) is 9.23. The number of rotatable bonds is 8. The number of aldehydes is 1.